The molecule has 1 aliphatic rings. The second-order valence-electron chi connectivity index (χ2n) is 8.06. The molecule has 1 aromatic heterocycles. The van der Waals surface area contributed by atoms with Crippen LogP contribution in [0.4, 0.5) is 10.1 Å². The van der Waals surface area contributed by atoms with Crippen molar-refractivity contribution in [2.45, 2.75) is 39.3 Å². The summed E-state index contributed by atoms with van der Waals surface area (Å²) in [6.45, 7) is 6.99. The van der Waals surface area contributed by atoms with Crippen LogP contribution in [0.15, 0.2) is 64.1 Å². The molecule has 0 amide bonds. The first-order valence-electron chi connectivity index (χ1n) is 11.2. The van der Waals surface area contributed by atoms with Gasteiger partial charge in [0, 0.05) is 36.9 Å². The molecule has 2 aromatic carbocycles. The second kappa shape index (κ2) is 12.0. The van der Waals surface area contributed by atoms with Crippen molar-refractivity contribution in [2.24, 2.45) is 4.99 Å². The molecular formula is C25H31FIN5O. The van der Waals surface area contributed by atoms with E-state index in [2.05, 4.69) is 44.6 Å². The van der Waals surface area contributed by atoms with Crippen LogP contribution in [0.2, 0.25) is 0 Å². The Morgan fingerprint density at radius 3 is 2.64 bits per heavy atom. The normalized spacial score (nSPS) is 14.6. The molecule has 0 saturated carbocycles. The smallest absolute Gasteiger partial charge is 0.216 e. The minimum absolute atomic E-state index is 0. The highest BCUT2D eigenvalue weighted by Crippen LogP contribution is 2.22. The van der Waals surface area contributed by atoms with Gasteiger partial charge in [-0.2, -0.15) is 0 Å². The zero-order valence-corrected chi connectivity index (χ0v) is 21.4. The number of aryl methyl sites for hydroxylation is 1. The lowest BCUT2D eigenvalue weighted by atomic mass is 10.0. The number of halogens is 2. The minimum Gasteiger partial charge on any atom is -0.439 e. The topological polar surface area (TPSA) is 65.7 Å². The van der Waals surface area contributed by atoms with Crippen LogP contribution < -0.4 is 15.5 Å². The average molecular weight is 563 g/mol. The maximum atomic E-state index is 13.5. The minimum atomic E-state index is -0.193. The van der Waals surface area contributed by atoms with E-state index in [0.29, 0.717) is 18.5 Å². The van der Waals surface area contributed by atoms with Gasteiger partial charge in [0.05, 0.1) is 6.20 Å². The molecule has 2 heterocycles. The van der Waals surface area contributed by atoms with Gasteiger partial charge < -0.3 is 20.0 Å². The van der Waals surface area contributed by atoms with Crippen molar-refractivity contribution in [1.29, 1.82) is 0 Å². The highest BCUT2D eigenvalue weighted by atomic mass is 127. The average Bonchev–Trinajstić information content (AvgIpc) is 3.28. The fraction of sp³-hybridized carbons (Fsp3) is 0.360. The molecule has 0 unspecified atom stereocenters. The quantitative estimate of drug-likeness (QED) is 0.247. The Morgan fingerprint density at radius 2 is 1.94 bits per heavy atom. The summed E-state index contributed by atoms with van der Waals surface area (Å²) in [5.74, 6) is 1.89. The molecule has 1 saturated heterocycles. The van der Waals surface area contributed by atoms with Crippen LogP contribution in [-0.2, 0) is 6.54 Å². The summed E-state index contributed by atoms with van der Waals surface area (Å²) >= 11 is 0. The number of nitrogens with zero attached hydrogens (tertiary/aromatic N) is 3. The summed E-state index contributed by atoms with van der Waals surface area (Å²) in [7, 11) is 0. The summed E-state index contributed by atoms with van der Waals surface area (Å²) in [5.41, 5.74) is 3.16. The van der Waals surface area contributed by atoms with E-state index in [9.17, 15) is 4.39 Å². The first-order chi connectivity index (χ1) is 15.6. The van der Waals surface area contributed by atoms with E-state index < -0.39 is 0 Å². The molecule has 6 nitrogen and oxygen atoms in total. The van der Waals surface area contributed by atoms with Gasteiger partial charge in [-0.15, -0.1) is 24.0 Å². The molecular weight excluding hydrogens is 532 g/mol. The van der Waals surface area contributed by atoms with E-state index in [-0.39, 0.29) is 29.8 Å². The molecule has 2 N–H and O–H groups in total. The Hall–Kier alpha value is -2.62. The van der Waals surface area contributed by atoms with Crippen molar-refractivity contribution < 1.29 is 8.81 Å². The zero-order valence-electron chi connectivity index (χ0n) is 19.1. The van der Waals surface area contributed by atoms with Crippen LogP contribution in [0.3, 0.4) is 0 Å². The van der Waals surface area contributed by atoms with Gasteiger partial charge >= 0.3 is 0 Å². The molecule has 3 aromatic rings. The van der Waals surface area contributed by atoms with Gasteiger partial charge in [0.15, 0.2) is 11.7 Å². The highest BCUT2D eigenvalue weighted by molar-refractivity contribution is 14.0. The Morgan fingerprint density at radius 1 is 1.18 bits per heavy atom. The second-order valence-corrected chi connectivity index (χ2v) is 8.06. The van der Waals surface area contributed by atoms with E-state index in [1.165, 1.54) is 11.6 Å². The van der Waals surface area contributed by atoms with E-state index in [1.807, 2.05) is 25.1 Å². The number of guanidine groups is 1. The summed E-state index contributed by atoms with van der Waals surface area (Å²) in [4.78, 5) is 11.3. The largest absolute Gasteiger partial charge is 0.439 e. The number of piperidine rings is 1. The molecule has 0 aliphatic carbocycles. The van der Waals surface area contributed by atoms with Gasteiger partial charge in [-0.3, -0.25) is 0 Å². The van der Waals surface area contributed by atoms with Gasteiger partial charge in [-0.25, -0.2) is 14.4 Å². The molecule has 0 spiro atoms. The molecule has 1 fully saturated rings. The van der Waals surface area contributed by atoms with Gasteiger partial charge in [0.25, 0.3) is 0 Å². The molecule has 4 rings (SSSR count). The zero-order chi connectivity index (χ0) is 22.3. The predicted molar refractivity (Wildman–Crippen MR) is 142 cm³/mol. The van der Waals surface area contributed by atoms with Crippen LogP contribution in [0.1, 0.15) is 31.2 Å². The Kier molecular flexibility index (Phi) is 9.11. The number of aliphatic imine (C=N–C) groups is 1. The third kappa shape index (κ3) is 6.93. The number of benzene rings is 2. The van der Waals surface area contributed by atoms with Crippen molar-refractivity contribution >= 4 is 35.6 Å². The van der Waals surface area contributed by atoms with E-state index >= 15 is 0 Å². The third-order valence-corrected chi connectivity index (χ3v) is 5.62. The first-order valence-corrected chi connectivity index (χ1v) is 11.2. The summed E-state index contributed by atoms with van der Waals surface area (Å²) < 4.78 is 19.4. The van der Waals surface area contributed by atoms with Crippen molar-refractivity contribution in [3.8, 4) is 11.3 Å². The van der Waals surface area contributed by atoms with E-state index in [0.717, 1.165) is 55.4 Å². The van der Waals surface area contributed by atoms with E-state index in [4.69, 9.17) is 4.42 Å². The lowest BCUT2D eigenvalue weighted by molar-refractivity contribution is 0.459. The van der Waals surface area contributed by atoms with Crippen LogP contribution in [0.25, 0.3) is 11.3 Å². The number of aromatic nitrogens is 1. The van der Waals surface area contributed by atoms with Gasteiger partial charge in [0.1, 0.15) is 12.4 Å². The lowest BCUT2D eigenvalue weighted by Crippen LogP contribution is -2.48. The SMILES string of the molecule is CCNC(=NCc1ncc(-c2ccc(C)cc2)o1)NC1CCN(c2cccc(F)c2)CC1.I. The van der Waals surface area contributed by atoms with Crippen LogP contribution >= 0.6 is 24.0 Å². The Labute approximate surface area is 211 Å². The number of nitrogens with one attached hydrogen (secondary N) is 2. The number of hydrogen-bond donors (Lipinski definition) is 2. The monoisotopic (exact) mass is 563 g/mol. The third-order valence-electron chi connectivity index (χ3n) is 5.62. The van der Waals surface area contributed by atoms with Crippen molar-refractivity contribution in [3.63, 3.8) is 0 Å². The van der Waals surface area contributed by atoms with Gasteiger partial charge in [0.2, 0.25) is 5.89 Å². The highest BCUT2D eigenvalue weighted by Gasteiger charge is 2.20. The first kappa shape index (κ1) is 25.0. The van der Waals surface area contributed by atoms with Crippen molar-refractivity contribution in [3.05, 3.63) is 72.0 Å². The standard InChI is InChI=1S/C25H30FN5O.HI/c1-3-27-25(29-17-24-28-16-23(32-24)19-9-7-18(2)8-10-19)30-21-11-13-31(14-12-21)22-6-4-5-20(26)15-22;/h4-10,15-16,21H,3,11-14,17H2,1-2H3,(H2,27,29,30);1H. The molecule has 0 atom stereocenters. The Balaban J connectivity index is 0.00000306. The van der Waals surface area contributed by atoms with Crippen LogP contribution in [-0.4, -0.2) is 36.6 Å². The predicted octanol–water partition coefficient (Wildman–Crippen LogP) is 5.13. The van der Waals surface area contributed by atoms with E-state index in [1.54, 1.807) is 18.3 Å². The van der Waals surface area contributed by atoms with Crippen molar-refractivity contribution in [1.82, 2.24) is 15.6 Å². The summed E-state index contributed by atoms with van der Waals surface area (Å²) in [6.07, 6.45) is 3.66. The molecule has 1 aliphatic heterocycles. The number of anilines is 1. The fourth-order valence-corrected chi connectivity index (χ4v) is 3.85. The summed E-state index contributed by atoms with van der Waals surface area (Å²) in [5, 5.41) is 6.83. The maximum absolute atomic E-state index is 13.5. The number of rotatable bonds is 6. The molecule has 33 heavy (non-hydrogen) atoms. The molecule has 0 bridgehead atoms. The Bertz CT molecular complexity index is 1040. The van der Waals surface area contributed by atoms with Gasteiger partial charge in [-0.05, 0) is 44.9 Å². The lowest BCUT2D eigenvalue weighted by Gasteiger charge is -2.34. The molecule has 0 radical (unpaired) electrons. The number of hydrogen-bond acceptors (Lipinski definition) is 4. The maximum Gasteiger partial charge on any atom is 0.216 e. The van der Waals surface area contributed by atoms with Crippen molar-refractivity contribution in [2.75, 3.05) is 24.5 Å². The molecule has 176 valence electrons. The summed E-state index contributed by atoms with van der Waals surface area (Å²) in [6, 6.07) is 15.3. The molecule has 8 heteroatoms. The van der Waals surface area contributed by atoms with Crippen LogP contribution in [0.5, 0.6) is 0 Å². The van der Waals surface area contributed by atoms with Gasteiger partial charge in [-0.1, -0.05) is 35.9 Å². The fourth-order valence-electron chi connectivity index (χ4n) is 3.85. The van der Waals surface area contributed by atoms with Crippen LogP contribution in [0, 0.1) is 12.7 Å². The number of oxazole rings is 1.